The highest BCUT2D eigenvalue weighted by Gasteiger charge is 2.04. The molecule has 0 aliphatic rings. The van der Waals surface area contributed by atoms with Crippen LogP contribution >= 0.6 is 0 Å². The smallest absolute Gasteiger partial charge is 0.122 e. The first kappa shape index (κ1) is 12.6. The molecule has 0 unspecified atom stereocenters. The van der Waals surface area contributed by atoms with Crippen molar-refractivity contribution in [3.05, 3.63) is 29.3 Å². The van der Waals surface area contributed by atoms with E-state index in [9.17, 15) is 0 Å². The lowest BCUT2D eigenvalue weighted by atomic mass is 10.0. The van der Waals surface area contributed by atoms with Crippen molar-refractivity contribution >= 4 is 0 Å². The molecule has 0 spiro atoms. The van der Waals surface area contributed by atoms with Gasteiger partial charge in [-0.05, 0) is 37.0 Å². The maximum atomic E-state index is 5.73. The monoisotopic (exact) mass is 216 g/mol. The second-order valence-corrected chi connectivity index (χ2v) is 4.20. The van der Waals surface area contributed by atoms with Gasteiger partial charge in [0.05, 0.1) is 6.61 Å². The molecule has 1 aromatic rings. The maximum absolute atomic E-state index is 5.73. The summed E-state index contributed by atoms with van der Waals surface area (Å²) in [6, 6.07) is 6.42. The lowest BCUT2D eigenvalue weighted by Gasteiger charge is -2.11. The van der Waals surface area contributed by atoms with Gasteiger partial charge in [0.1, 0.15) is 5.75 Å². The molecule has 0 bridgehead atoms. The van der Waals surface area contributed by atoms with Crippen LogP contribution in [0.4, 0.5) is 0 Å². The van der Waals surface area contributed by atoms with Crippen molar-refractivity contribution in [2.24, 2.45) is 0 Å². The van der Waals surface area contributed by atoms with Gasteiger partial charge in [-0.15, -0.1) is 11.8 Å². The third kappa shape index (κ3) is 3.62. The van der Waals surface area contributed by atoms with E-state index in [1.807, 2.05) is 6.92 Å². The van der Waals surface area contributed by atoms with Crippen LogP contribution in [0.15, 0.2) is 18.2 Å². The lowest BCUT2D eigenvalue weighted by molar-refractivity contribution is 0.324. The van der Waals surface area contributed by atoms with E-state index in [4.69, 9.17) is 4.74 Å². The molecule has 0 saturated carbocycles. The van der Waals surface area contributed by atoms with Gasteiger partial charge in [-0.3, -0.25) is 0 Å². The number of hydrogen-bond acceptors (Lipinski definition) is 1. The van der Waals surface area contributed by atoms with Crippen molar-refractivity contribution in [1.82, 2.24) is 0 Å². The van der Waals surface area contributed by atoms with Gasteiger partial charge in [-0.25, -0.2) is 0 Å². The number of benzene rings is 1. The minimum Gasteiger partial charge on any atom is -0.492 e. The zero-order chi connectivity index (χ0) is 12.0. The van der Waals surface area contributed by atoms with E-state index < -0.39 is 0 Å². The second-order valence-electron chi connectivity index (χ2n) is 4.20. The van der Waals surface area contributed by atoms with Gasteiger partial charge in [-0.2, -0.15) is 0 Å². The molecule has 0 aliphatic carbocycles. The standard InChI is InChI=1S/C15H20O/c1-5-6-7-10-16-15-11-14(12(2)3)9-8-13(15)4/h8-9,11-12H,7,10H2,1-4H3. The number of aryl methyl sites for hydroxylation is 1. The van der Waals surface area contributed by atoms with Gasteiger partial charge in [-0.1, -0.05) is 26.0 Å². The molecule has 1 aromatic carbocycles. The van der Waals surface area contributed by atoms with E-state index in [2.05, 4.69) is 50.8 Å². The van der Waals surface area contributed by atoms with Crippen LogP contribution in [0.2, 0.25) is 0 Å². The van der Waals surface area contributed by atoms with Gasteiger partial charge in [0.25, 0.3) is 0 Å². The third-order valence-electron chi connectivity index (χ3n) is 2.54. The molecule has 1 heteroatoms. The Bertz CT molecular complexity index is 394. The third-order valence-corrected chi connectivity index (χ3v) is 2.54. The Labute approximate surface area is 98.8 Å². The quantitative estimate of drug-likeness (QED) is 0.547. The summed E-state index contributed by atoms with van der Waals surface area (Å²) in [6.07, 6.45) is 0.793. The van der Waals surface area contributed by atoms with Crippen LogP contribution < -0.4 is 4.74 Å². The van der Waals surface area contributed by atoms with E-state index in [0.29, 0.717) is 12.5 Å². The molecule has 0 saturated heterocycles. The summed E-state index contributed by atoms with van der Waals surface area (Å²) in [5, 5.41) is 0. The highest BCUT2D eigenvalue weighted by molar-refractivity contribution is 5.37. The van der Waals surface area contributed by atoms with Crippen LogP contribution in [-0.2, 0) is 0 Å². The Hall–Kier alpha value is -1.42. The topological polar surface area (TPSA) is 9.23 Å². The van der Waals surface area contributed by atoms with E-state index in [0.717, 1.165) is 12.2 Å². The number of hydrogen-bond donors (Lipinski definition) is 0. The Morgan fingerprint density at radius 1 is 1.31 bits per heavy atom. The molecule has 1 nitrogen and oxygen atoms in total. The summed E-state index contributed by atoms with van der Waals surface area (Å²) in [4.78, 5) is 0. The van der Waals surface area contributed by atoms with Gasteiger partial charge in [0.2, 0.25) is 0 Å². The van der Waals surface area contributed by atoms with Gasteiger partial charge < -0.3 is 4.74 Å². The summed E-state index contributed by atoms with van der Waals surface area (Å²) in [5.74, 6) is 7.40. The van der Waals surface area contributed by atoms with Gasteiger partial charge in [0, 0.05) is 6.42 Å². The van der Waals surface area contributed by atoms with Gasteiger partial charge in [0.15, 0.2) is 0 Å². The van der Waals surface area contributed by atoms with E-state index in [1.54, 1.807) is 0 Å². The van der Waals surface area contributed by atoms with E-state index in [-0.39, 0.29) is 0 Å². The summed E-state index contributed by atoms with van der Waals surface area (Å²) < 4.78 is 5.73. The fourth-order valence-electron chi connectivity index (χ4n) is 1.47. The minimum atomic E-state index is 0.540. The molecule has 1 rings (SSSR count). The molecule has 0 N–H and O–H groups in total. The maximum Gasteiger partial charge on any atom is 0.122 e. The summed E-state index contributed by atoms with van der Waals surface area (Å²) in [5.41, 5.74) is 2.51. The molecule has 0 aliphatic heterocycles. The van der Waals surface area contributed by atoms with Crippen molar-refractivity contribution in [3.63, 3.8) is 0 Å². The van der Waals surface area contributed by atoms with Crippen molar-refractivity contribution < 1.29 is 4.74 Å². The minimum absolute atomic E-state index is 0.540. The molecule has 16 heavy (non-hydrogen) atoms. The molecular weight excluding hydrogens is 196 g/mol. The highest BCUT2D eigenvalue weighted by atomic mass is 16.5. The van der Waals surface area contributed by atoms with Crippen LogP contribution in [0.3, 0.4) is 0 Å². The molecule has 0 fully saturated rings. The van der Waals surface area contributed by atoms with Gasteiger partial charge >= 0.3 is 0 Å². The zero-order valence-corrected chi connectivity index (χ0v) is 10.6. The molecular formula is C15H20O. The normalized spacial score (nSPS) is 9.81. The fourth-order valence-corrected chi connectivity index (χ4v) is 1.47. The average molecular weight is 216 g/mol. The van der Waals surface area contributed by atoms with Crippen molar-refractivity contribution in [2.45, 2.75) is 40.0 Å². The van der Waals surface area contributed by atoms with E-state index in [1.165, 1.54) is 11.1 Å². The van der Waals surface area contributed by atoms with Crippen LogP contribution in [-0.4, -0.2) is 6.61 Å². The molecule has 0 radical (unpaired) electrons. The Kier molecular flexibility index (Phi) is 4.92. The fraction of sp³-hybridized carbons (Fsp3) is 0.467. The van der Waals surface area contributed by atoms with Crippen LogP contribution in [0.1, 0.15) is 44.2 Å². The summed E-state index contributed by atoms with van der Waals surface area (Å²) in [6.45, 7) is 8.98. The summed E-state index contributed by atoms with van der Waals surface area (Å²) in [7, 11) is 0. The summed E-state index contributed by atoms with van der Waals surface area (Å²) >= 11 is 0. The van der Waals surface area contributed by atoms with Crippen molar-refractivity contribution in [3.8, 4) is 17.6 Å². The molecule has 0 atom stereocenters. The van der Waals surface area contributed by atoms with Crippen molar-refractivity contribution in [1.29, 1.82) is 0 Å². The average Bonchev–Trinajstić information content (AvgIpc) is 2.26. The zero-order valence-electron chi connectivity index (χ0n) is 10.6. The van der Waals surface area contributed by atoms with E-state index >= 15 is 0 Å². The Morgan fingerprint density at radius 3 is 2.69 bits per heavy atom. The number of rotatable bonds is 4. The molecule has 0 amide bonds. The van der Waals surface area contributed by atoms with Crippen LogP contribution in [0.5, 0.6) is 5.75 Å². The molecule has 0 heterocycles. The van der Waals surface area contributed by atoms with Crippen LogP contribution in [0, 0.1) is 18.8 Å². The predicted molar refractivity (Wildman–Crippen MR) is 68.8 cm³/mol. The second kappa shape index (κ2) is 6.23. The highest BCUT2D eigenvalue weighted by Crippen LogP contribution is 2.24. The largest absolute Gasteiger partial charge is 0.492 e. The molecule has 86 valence electrons. The first-order valence-electron chi connectivity index (χ1n) is 5.78. The first-order chi connectivity index (χ1) is 7.65. The Balaban J connectivity index is 2.69. The molecule has 0 aromatic heterocycles. The Morgan fingerprint density at radius 2 is 2.06 bits per heavy atom. The first-order valence-corrected chi connectivity index (χ1v) is 5.78. The lowest BCUT2D eigenvalue weighted by Crippen LogP contribution is -1.99. The van der Waals surface area contributed by atoms with Crippen molar-refractivity contribution in [2.75, 3.05) is 6.61 Å². The SMILES string of the molecule is CC#CCCOc1cc(C(C)C)ccc1C. The van der Waals surface area contributed by atoms with Crippen LogP contribution in [0.25, 0.3) is 0 Å². The number of ether oxygens (including phenoxy) is 1. The predicted octanol–water partition coefficient (Wildman–Crippen LogP) is 3.91.